The zero-order valence-corrected chi connectivity index (χ0v) is 12.1. The second-order valence-electron chi connectivity index (χ2n) is 4.84. The molecule has 0 saturated heterocycles. The first-order valence-electron chi connectivity index (χ1n) is 6.91. The van der Waals surface area contributed by atoms with Gasteiger partial charge in [-0.1, -0.05) is 6.07 Å². The fourth-order valence-electron chi connectivity index (χ4n) is 2.11. The molecule has 0 bridgehead atoms. The highest BCUT2D eigenvalue weighted by Crippen LogP contribution is 2.11. The van der Waals surface area contributed by atoms with Crippen LogP contribution in [0.5, 0.6) is 5.75 Å². The number of hydrogen-bond donors (Lipinski definition) is 0. The van der Waals surface area contributed by atoms with Crippen molar-refractivity contribution >= 4 is 0 Å². The Labute approximate surface area is 127 Å². The van der Waals surface area contributed by atoms with Crippen molar-refractivity contribution in [1.82, 2.24) is 14.5 Å². The Kier molecular flexibility index (Phi) is 3.96. The molecule has 0 unspecified atom stereocenters. The summed E-state index contributed by atoms with van der Waals surface area (Å²) in [5.74, 6) is 0.526. The molecule has 0 amide bonds. The van der Waals surface area contributed by atoms with Crippen LogP contribution in [-0.4, -0.2) is 14.5 Å². The van der Waals surface area contributed by atoms with Gasteiger partial charge in [0.1, 0.15) is 12.4 Å². The predicted octanol–water partition coefficient (Wildman–Crippen LogP) is 2.51. The molecule has 0 spiro atoms. The van der Waals surface area contributed by atoms with Gasteiger partial charge in [-0.25, -0.2) is 0 Å². The van der Waals surface area contributed by atoms with Gasteiger partial charge in [-0.05, 0) is 37.3 Å². The molecule has 3 rings (SSSR count). The average Bonchev–Trinajstić information content (AvgIpc) is 2.54. The van der Waals surface area contributed by atoms with Gasteiger partial charge in [0.2, 0.25) is 0 Å². The molecule has 5 nitrogen and oxygen atoms in total. The highest BCUT2D eigenvalue weighted by atomic mass is 16.5. The summed E-state index contributed by atoms with van der Waals surface area (Å²) in [7, 11) is 0. The van der Waals surface area contributed by atoms with E-state index in [1.807, 2.05) is 25.1 Å². The van der Waals surface area contributed by atoms with Gasteiger partial charge in [0.15, 0.2) is 0 Å². The van der Waals surface area contributed by atoms with Crippen LogP contribution in [0, 0.1) is 6.92 Å². The lowest BCUT2D eigenvalue weighted by Gasteiger charge is -2.08. The monoisotopic (exact) mass is 293 g/mol. The molecule has 110 valence electrons. The van der Waals surface area contributed by atoms with E-state index in [4.69, 9.17) is 4.74 Å². The van der Waals surface area contributed by atoms with Crippen LogP contribution in [0.25, 0.3) is 5.69 Å². The third kappa shape index (κ3) is 3.20. The second kappa shape index (κ2) is 6.22. The van der Waals surface area contributed by atoms with Crippen molar-refractivity contribution in [1.29, 1.82) is 0 Å². The number of pyridine rings is 3. The molecular formula is C17H15N3O2. The topological polar surface area (TPSA) is 57.0 Å². The zero-order valence-electron chi connectivity index (χ0n) is 12.1. The summed E-state index contributed by atoms with van der Waals surface area (Å²) in [6, 6.07) is 12.5. The van der Waals surface area contributed by atoms with E-state index in [2.05, 4.69) is 9.97 Å². The first-order chi connectivity index (χ1) is 10.7. The van der Waals surface area contributed by atoms with E-state index in [9.17, 15) is 4.79 Å². The summed E-state index contributed by atoms with van der Waals surface area (Å²) in [5.41, 5.74) is 2.39. The molecule has 3 heterocycles. The number of rotatable bonds is 4. The Morgan fingerprint density at radius 1 is 1.14 bits per heavy atom. The third-order valence-electron chi connectivity index (χ3n) is 3.16. The third-order valence-corrected chi connectivity index (χ3v) is 3.16. The fourth-order valence-corrected chi connectivity index (χ4v) is 2.11. The van der Waals surface area contributed by atoms with Gasteiger partial charge in [0.25, 0.3) is 5.56 Å². The Balaban J connectivity index is 1.77. The van der Waals surface area contributed by atoms with Crippen LogP contribution in [0.4, 0.5) is 0 Å². The van der Waals surface area contributed by atoms with Crippen LogP contribution >= 0.6 is 0 Å². The largest absolute Gasteiger partial charge is 0.487 e. The van der Waals surface area contributed by atoms with E-state index in [0.29, 0.717) is 12.4 Å². The predicted molar refractivity (Wildman–Crippen MR) is 83.1 cm³/mol. The lowest BCUT2D eigenvalue weighted by Crippen LogP contribution is -2.16. The van der Waals surface area contributed by atoms with Crippen LogP contribution in [0.1, 0.15) is 11.4 Å². The number of nitrogens with zero attached hydrogens (tertiary/aromatic N) is 3. The molecule has 0 fully saturated rings. The molecule has 22 heavy (non-hydrogen) atoms. The summed E-state index contributed by atoms with van der Waals surface area (Å²) in [6.07, 6.45) is 4.99. The van der Waals surface area contributed by atoms with Crippen molar-refractivity contribution in [2.75, 3.05) is 0 Å². The smallest absolute Gasteiger partial charge is 0.258 e. The van der Waals surface area contributed by atoms with E-state index in [1.165, 1.54) is 6.07 Å². The van der Waals surface area contributed by atoms with Crippen LogP contribution in [-0.2, 0) is 6.61 Å². The van der Waals surface area contributed by atoms with Crippen LogP contribution in [0.15, 0.2) is 65.8 Å². The minimum atomic E-state index is -0.152. The van der Waals surface area contributed by atoms with Crippen LogP contribution < -0.4 is 10.3 Å². The average molecular weight is 293 g/mol. The van der Waals surface area contributed by atoms with E-state index in [1.54, 1.807) is 41.4 Å². The standard InChI is InChI=1S/C17H15N3O2/c1-13-3-2-4-14(19-13)12-22-16-7-10-20(17(21)11-16)15-5-8-18-9-6-15/h2-11H,12H2,1H3. The maximum Gasteiger partial charge on any atom is 0.258 e. The van der Waals surface area contributed by atoms with Crippen molar-refractivity contribution in [3.05, 3.63) is 82.8 Å². The lowest BCUT2D eigenvalue weighted by atomic mass is 10.3. The summed E-state index contributed by atoms with van der Waals surface area (Å²) in [4.78, 5) is 20.5. The maximum absolute atomic E-state index is 12.2. The number of aryl methyl sites for hydroxylation is 1. The number of aromatic nitrogens is 3. The van der Waals surface area contributed by atoms with Gasteiger partial charge in [-0.2, -0.15) is 0 Å². The lowest BCUT2D eigenvalue weighted by molar-refractivity contribution is 0.300. The van der Waals surface area contributed by atoms with Gasteiger partial charge in [-0.15, -0.1) is 0 Å². The second-order valence-corrected chi connectivity index (χ2v) is 4.84. The highest BCUT2D eigenvalue weighted by molar-refractivity contribution is 5.31. The number of hydrogen-bond acceptors (Lipinski definition) is 4. The molecule has 5 heteroatoms. The van der Waals surface area contributed by atoms with E-state index >= 15 is 0 Å². The molecule has 0 radical (unpaired) electrons. The van der Waals surface area contributed by atoms with Gasteiger partial charge in [0, 0.05) is 30.4 Å². The molecule has 0 saturated carbocycles. The quantitative estimate of drug-likeness (QED) is 0.741. The van der Waals surface area contributed by atoms with Gasteiger partial charge >= 0.3 is 0 Å². The highest BCUT2D eigenvalue weighted by Gasteiger charge is 2.03. The summed E-state index contributed by atoms with van der Waals surface area (Å²) >= 11 is 0. The molecule has 0 atom stereocenters. The maximum atomic E-state index is 12.2. The Hall–Kier alpha value is -2.95. The Morgan fingerprint density at radius 2 is 1.95 bits per heavy atom. The van der Waals surface area contributed by atoms with Gasteiger partial charge in [-0.3, -0.25) is 19.3 Å². The molecule has 0 aliphatic heterocycles. The molecule has 3 aromatic heterocycles. The van der Waals surface area contributed by atoms with Gasteiger partial charge < -0.3 is 4.74 Å². The normalized spacial score (nSPS) is 10.4. The molecular weight excluding hydrogens is 278 g/mol. The Bertz CT molecular complexity index is 829. The molecule has 0 aliphatic carbocycles. The summed E-state index contributed by atoms with van der Waals surface area (Å²) < 4.78 is 7.17. The first kappa shape index (κ1) is 14.0. The molecule has 0 N–H and O–H groups in total. The minimum absolute atomic E-state index is 0.152. The summed E-state index contributed by atoms with van der Waals surface area (Å²) in [6.45, 7) is 2.26. The van der Waals surface area contributed by atoms with Crippen molar-refractivity contribution in [3.8, 4) is 11.4 Å². The molecule has 0 aromatic carbocycles. The molecule has 0 aliphatic rings. The van der Waals surface area contributed by atoms with E-state index < -0.39 is 0 Å². The summed E-state index contributed by atoms with van der Waals surface area (Å²) in [5, 5.41) is 0. The van der Waals surface area contributed by atoms with Crippen molar-refractivity contribution in [2.24, 2.45) is 0 Å². The first-order valence-corrected chi connectivity index (χ1v) is 6.91. The van der Waals surface area contributed by atoms with Crippen molar-refractivity contribution < 1.29 is 4.74 Å². The minimum Gasteiger partial charge on any atom is -0.487 e. The van der Waals surface area contributed by atoms with Crippen molar-refractivity contribution in [3.63, 3.8) is 0 Å². The zero-order chi connectivity index (χ0) is 15.4. The Morgan fingerprint density at radius 3 is 2.68 bits per heavy atom. The van der Waals surface area contributed by atoms with Crippen LogP contribution in [0.3, 0.4) is 0 Å². The van der Waals surface area contributed by atoms with Gasteiger partial charge in [0.05, 0.1) is 11.4 Å². The SMILES string of the molecule is Cc1cccc(COc2ccn(-c3ccncc3)c(=O)c2)n1. The fraction of sp³-hybridized carbons (Fsp3) is 0.118. The number of ether oxygens (including phenoxy) is 1. The van der Waals surface area contributed by atoms with Crippen LogP contribution in [0.2, 0.25) is 0 Å². The van der Waals surface area contributed by atoms with E-state index in [-0.39, 0.29) is 5.56 Å². The van der Waals surface area contributed by atoms with Crippen molar-refractivity contribution in [2.45, 2.75) is 13.5 Å². The molecule has 3 aromatic rings. The van der Waals surface area contributed by atoms with E-state index in [0.717, 1.165) is 17.1 Å².